The van der Waals surface area contributed by atoms with Crippen LogP contribution in [0.2, 0.25) is 0 Å². The highest BCUT2D eigenvalue weighted by molar-refractivity contribution is 5.90. The number of hydrogen-bond donors (Lipinski definition) is 3. The SMILES string of the molecule is CCOC(=O)c1ccc(Nc2ncnc(Nc3ccc(C)c(C)c3)c2N)cc1. The predicted octanol–water partition coefficient (Wildman–Crippen LogP) is 4.34. The zero-order chi connectivity index (χ0) is 20.1. The number of ether oxygens (including phenoxy) is 1. The molecule has 3 rings (SSSR count). The number of esters is 1. The number of aromatic nitrogens is 2. The molecule has 0 aliphatic carbocycles. The molecule has 0 atom stereocenters. The van der Waals surface area contributed by atoms with Crippen molar-refractivity contribution in [2.75, 3.05) is 23.0 Å². The van der Waals surface area contributed by atoms with Crippen molar-refractivity contribution in [3.63, 3.8) is 0 Å². The van der Waals surface area contributed by atoms with Gasteiger partial charge in [0.25, 0.3) is 0 Å². The van der Waals surface area contributed by atoms with Crippen molar-refractivity contribution >= 4 is 34.7 Å². The smallest absolute Gasteiger partial charge is 0.338 e. The fourth-order valence-electron chi connectivity index (χ4n) is 2.59. The minimum atomic E-state index is -0.351. The van der Waals surface area contributed by atoms with E-state index in [4.69, 9.17) is 10.5 Å². The molecule has 0 bridgehead atoms. The molecule has 2 aromatic carbocycles. The van der Waals surface area contributed by atoms with E-state index >= 15 is 0 Å². The number of hydrogen-bond acceptors (Lipinski definition) is 7. The highest BCUT2D eigenvalue weighted by Crippen LogP contribution is 2.28. The van der Waals surface area contributed by atoms with Gasteiger partial charge in [-0.15, -0.1) is 0 Å². The van der Waals surface area contributed by atoms with Gasteiger partial charge in [-0.2, -0.15) is 0 Å². The van der Waals surface area contributed by atoms with E-state index in [1.165, 1.54) is 17.5 Å². The molecule has 28 heavy (non-hydrogen) atoms. The van der Waals surface area contributed by atoms with Crippen LogP contribution in [-0.4, -0.2) is 22.5 Å². The molecular formula is C21H23N5O2. The number of aryl methyl sites for hydroxylation is 2. The lowest BCUT2D eigenvalue weighted by Crippen LogP contribution is -2.06. The topological polar surface area (TPSA) is 102 Å². The first-order valence-electron chi connectivity index (χ1n) is 8.97. The number of anilines is 5. The predicted molar refractivity (Wildman–Crippen MR) is 111 cm³/mol. The Balaban J connectivity index is 1.77. The van der Waals surface area contributed by atoms with Gasteiger partial charge in [-0.1, -0.05) is 6.07 Å². The second-order valence-electron chi connectivity index (χ2n) is 6.33. The summed E-state index contributed by atoms with van der Waals surface area (Å²) in [6.07, 6.45) is 1.44. The standard InChI is InChI=1S/C21H23N5O2/c1-4-28-21(27)15-6-9-16(10-7-15)25-19-18(22)20(24-12-23-19)26-17-8-5-13(2)14(3)11-17/h5-12H,4,22H2,1-3H3,(H2,23,24,25,26). The van der Waals surface area contributed by atoms with Crippen molar-refractivity contribution in [3.8, 4) is 0 Å². The highest BCUT2D eigenvalue weighted by Gasteiger charge is 2.10. The van der Waals surface area contributed by atoms with E-state index in [1.807, 2.05) is 18.2 Å². The third-order valence-electron chi connectivity index (χ3n) is 4.31. The lowest BCUT2D eigenvalue weighted by Gasteiger charge is -2.13. The summed E-state index contributed by atoms with van der Waals surface area (Å²) in [5, 5.41) is 6.38. The molecule has 7 nitrogen and oxygen atoms in total. The Bertz CT molecular complexity index is 987. The van der Waals surface area contributed by atoms with Crippen LogP contribution in [0.15, 0.2) is 48.8 Å². The average molecular weight is 377 g/mol. The van der Waals surface area contributed by atoms with Crippen LogP contribution in [-0.2, 0) is 4.74 Å². The van der Waals surface area contributed by atoms with Crippen LogP contribution >= 0.6 is 0 Å². The van der Waals surface area contributed by atoms with E-state index in [0.717, 1.165) is 11.4 Å². The van der Waals surface area contributed by atoms with Crippen molar-refractivity contribution in [1.29, 1.82) is 0 Å². The summed E-state index contributed by atoms with van der Waals surface area (Å²) in [7, 11) is 0. The first-order chi connectivity index (χ1) is 13.5. The number of nitrogen functional groups attached to an aromatic ring is 1. The number of carbonyl (C=O) groups excluding carboxylic acids is 1. The molecule has 0 fully saturated rings. The van der Waals surface area contributed by atoms with Crippen molar-refractivity contribution in [2.24, 2.45) is 0 Å². The van der Waals surface area contributed by atoms with Crippen LogP contribution in [0.1, 0.15) is 28.4 Å². The van der Waals surface area contributed by atoms with Crippen LogP contribution in [0.4, 0.5) is 28.7 Å². The summed E-state index contributed by atoms with van der Waals surface area (Å²) >= 11 is 0. The highest BCUT2D eigenvalue weighted by atomic mass is 16.5. The summed E-state index contributed by atoms with van der Waals surface area (Å²) in [6.45, 7) is 6.23. The monoisotopic (exact) mass is 377 g/mol. The molecule has 0 radical (unpaired) electrons. The number of carbonyl (C=O) groups is 1. The molecule has 0 amide bonds. The van der Waals surface area contributed by atoms with Gasteiger partial charge in [-0.3, -0.25) is 0 Å². The zero-order valence-electron chi connectivity index (χ0n) is 16.1. The van der Waals surface area contributed by atoms with Gasteiger partial charge in [0.1, 0.15) is 12.0 Å². The lowest BCUT2D eigenvalue weighted by atomic mass is 10.1. The molecule has 1 aromatic heterocycles. The third kappa shape index (κ3) is 4.37. The molecule has 3 aromatic rings. The van der Waals surface area contributed by atoms with E-state index in [0.29, 0.717) is 29.5 Å². The van der Waals surface area contributed by atoms with Gasteiger partial charge >= 0.3 is 5.97 Å². The molecule has 0 unspecified atom stereocenters. The van der Waals surface area contributed by atoms with Gasteiger partial charge in [-0.05, 0) is 68.3 Å². The van der Waals surface area contributed by atoms with Gasteiger partial charge in [0.05, 0.1) is 12.2 Å². The molecule has 0 spiro atoms. The van der Waals surface area contributed by atoms with Gasteiger partial charge in [0.2, 0.25) is 0 Å². The number of benzene rings is 2. The van der Waals surface area contributed by atoms with Crippen molar-refractivity contribution < 1.29 is 9.53 Å². The fraction of sp³-hybridized carbons (Fsp3) is 0.190. The number of nitrogens with two attached hydrogens (primary N) is 1. The maximum atomic E-state index is 11.7. The third-order valence-corrected chi connectivity index (χ3v) is 4.31. The van der Waals surface area contributed by atoms with Crippen LogP contribution in [0.5, 0.6) is 0 Å². The number of rotatable bonds is 6. The Hall–Kier alpha value is -3.61. The average Bonchev–Trinajstić information content (AvgIpc) is 2.68. The second kappa shape index (κ2) is 8.39. The maximum absolute atomic E-state index is 11.7. The summed E-state index contributed by atoms with van der Waals surface area (Å²) < 4.78 is 4.98. The van der Waals surface area contributed by atoms with E-state index in [-0.39, 0.29) is 5.97 Å². The molecule has 4 N–H and O–H groups in total. The summed E-state index contributed by atoms with van der Waals surface area (Å²) in [6, 6.07) is 13.0. The molecule has 0 aliphatic rings. The van der Waals surface area contributed by atoms with Crippen LogP contribution < -0.4 is 16.4 Å². The zero-order valence-corrected chi connectivity index (χ0v) is 16.1. The van der Waals surface area contributed by atoms with Crippen molar-refractivity contribution in [2.45, 2.75) is 20.8 Å². The molecule has 0 saturated heterocycles. The van der Waals surface area contributed by atoms with Gasteiger partial charge in [-0.25, -0.2) is 14.8 Å². The minimum absolute atomic E-state index is 0.340. The van der Waals surface area contributed by atoms with Gasteiger partial charge in [0.15, 0.2) is 11.6 Å². The summed E-state index contributed by atoms with van der Waals surface area (Å²) in [5.74, 6) is 0.643. The Kier molecular flexibility index (Phi) is 5.74. The molecular weight excluding hydrogens is 354 g/mol. The van der Waals surface area contributed by atoms with Crippen molar-refractivity contribution in [3.05, 3.63) is 65.5 Å². The van der Waals surface area contributed by atoms with Crippen molar-refractivity contribution in [1.82, 2.24) is 9.97 Å². The first-order valence-corrected chi connectivity index (χ1v) is 8.97. The fourth-order valence-corrected chi connectivity index (χ4v) is 2.59. The largest absolute Gasteiger partial charge is 0.462 e. The normalized spacial score (nSPS) is 10.4. The maximum Gasteiger partial charge on any atom is 0.338 e. The Morgan fingerprint density at radius 1 is 0.964 bits per heavy atom. The molecule has 0 aliphatic heterocycles. The molecule has 1 heterocycles. The Morgan fingerprint density at radius 3 is 2.18 bits per heavy atom. The second-order valence-corrected chi connectivity index (χ2v) is 6.33. The Labute approximate surface area is 164 Å². The lowest BCUT2D eigenvalue weighted by molar-refractivity contribution is 0.0526. The molecule has 144 valence electrons. The van der Waals surface area contributed by atoms with E-state index in [1.54, 1.807) is 31.2 Å². The minimum Gasteiger partial charge on any atom is -0.462 e. The number of nitrogens with one attached hydrogen (secondary N) is 2. The van der Waals surface area contributed by atoms with Gasteiger partial charge < -0.3 is 21.1 Å². The summed E-state index contributed by atoms with van der Waals surface area (Å²) in [5.41, 5.74) is 11.2. The molecule has 7 heteroatoms. The Morgan fingerprint density at radius 2 is 1.57 bits per heavy atom. The van der Waals surface area contributed by atoms with Crippen LogP contribution in [0, 0.1) is 13.8 Å². The van der Waals surface area contributed by atoms with E-state index in [9.17, 15) is 4.79 Å². The first kappa shape index (κ1) is 19.2. The quantitative estimate of drug-likeness (QED) is 0.549. The van der Waals surface area contributed by atoms with Crippen LogP contribution in [0.25, 0.3) is 0 Å². The summed E-state index contributed by atoms with van der Waals surface area (Å²) in [4.78, 5) is 20.2. The number of nitrogens with zero attached hydrogens (tertiary/aromatic N) is 2. The van der Waals surface area contributed by atoms with E-state index in [2.05, 4.69) is 34.4 Å². The molecule has 0 saturated carbocycles. The van der Waals surface area contributed by atoms with Crippen LogP contribution in [0.3, 0.4) is 0 Å². The van der Waals surface area contributed by atoms with E-state index < -0.39 is 0 Å². The van der Waals surface area contributed by atoms with Gasteiger partial charge in [0, 0.05) is 11.4 Å².